The maximum atomic E-state index is 13.4. The highest BCUT2D eigenvalue weighted by Crippen LogP contribution is 2.47. The van der Waals surface area contributed by atoms with Crippen LogP contribution in [0.2, 0.25) is 0 Å². The van der Waals surface area contributed by atoms with Gasteiger partial charge in [0.2, 0.25) is 0 Å². The summed E-state index contributed by atoms with van der Waals surface area (Å²) in [5.74, 6) is -0.240. The third-order valence-corrected chi connectivity index (χ3v) is 7.10. The molecule has 0 unspecified atom stereocenters. The minimum atomic E-state index is -0.924. The summed E-state index contributed by atoms with van der Waals surface area (Å²) in [4.78, 5) is 12.0. The lowest BCUT2D eigenvalue weighted by atomic mass is 9.84. The molecule has 126 valence electrons. The Morgan fingerprint density at radius 1 is 1.22 bits per heavy atom. The Kier molecular flexibility index (Phi) is 4.45. The molecule has 0 heterocycles. The van der Waals surface area contributed by atoms with E-state index >= 15 is 0 Å². The summed E-state index contributed by atoms with van der Waals surface area (Å²) in [5.41, 5.74) is 0.823. The number of halogens is 1. The van der Waals surface area contributed by atoms with Crippen LogP contribution in [-0.4, -0.2) is 34.3 Å². The van der Waals surface area contributed by atoms with E-state index in [0.29, 0.717) is 13.1 Å². The van der Waals surface area contributed by atoms with E-state index in [1.54, 1.807) is 18.4 Å². The molecule has 2 aliphatic carbocycles. The van der Waals surface area contributed by atoms with E-state index in [0.717, 1.165) is 37.7 Å². The van der Waals surface area contributed by atoms with Crippen molar-refractivity contribution in [2.75, 3.05) is 19.3 Å². The summed E-state index contributed by atoms with van der Waals surface area (Å²) < 4.78 is 24.9. The monoisotopic (exact) mass is 338 g/mol. The van der Waals surface area contributed by atoms with Crippen molar-refractivity contribution < 1.29 is 13.4 Å². The molecule has 2 amide bonds. The van der Waals surface area contributed by atoms with Crippen LogP contribution in [0.25, 0.3) is 0 Å². The van der Waals surface area contributed by atoms with Crippen molar-refractivity contribution in [3.8, 4) is 0 Å². The molecule has 2 aliphatic rings. The second-order valence-corrected chi connectivity index (χ2v) is 8.59. The van der Waals surface area contributed by atoms with Gasteiger partial charge in [0.1, 0.15) is 5.82 Å². The molecule has 1 aromatic rings. The predicted octanol–water partition coefficient (Wildman–Crippen LogP) is 2.46. The van der Waals surface area contributed by atoms with Gasteiger partial charge in [-0.2, -0.15) is 0 Å². The molecule has 3 rings (SSSR count). The van der Waals surface area contributed by atoms with Gasteiger partial charge in [-0.3, -0.25) is 4.21 Å². The molecule has 6 heteroatoms. The average Bonchev–Trinajstić information content (AvgIpc) is 3.25. The van der Waals surface area contributed by atoms with Crippen LogP contribution in [-0.2, 0) is 16.2 Å². The third-order valence-electron chi connectivity index (χ3n) is 5.32. The molecule has 1 aromatic carbocycles. The fraction of sp³-hybridized carbons (Fsp3) is 0.588. The lowest BCUT2D eigenvalue weighted by Gasteiger charge is -2.39. The minimum Gasteiger partial charge on any atom is -0.337 e. The molecule has 0 aromatic heterocycles. The normalized spacial score (nSPS) is 21.8. The Labute approximate surface area is 138 Å². The number of rotatable bonds is 6. The van der Waals surface area contributed by atoms with Crippen LogP contribution in [0, 0.1) is 5.82 Å². The first-order chi connectivity index (χ1) is 11.0. The first-order valence-corrected chi connectivity index (χ1v) is 9.63. The van der Waals surface area contributed by atoms with Crippen molar-refractivity contribution in [1.29, 1.82) is 0 Å². The number of carbonyl (C=O) groups excluding carboxylic acids is 1. The number of amides is 2. The van der Waals surface area contributed by atoms with Crippen LogP contribution < -0.4 is 10.6 Å². The zero-order valence-electron chi connectivity index (χ0n) is 13.4. The average molecular weight is 338 g/mol. The topological polar surface area (TPSA) is 58.2 Å². The Morgan fingerprint density at radius 2 is 1.91 bits per heavy atom. The number of urea groups is 1. The van der Waals surface area contributed by atoms with Crippen molar-refractivity contribution in [3.05, 3.63) is 35.6 Å². The highest BCUT2D eigenvalue weighted by atomic mass is 32.2. The number of hydrogen-bond acceptors (Lipinski definition) is 2. The molecular formula is C17H23FN2O2S. The molecule has 2 N–H and O–H groups in total. The first kappa shape index (κ1) is 16.4. The second-order valence-electron chi connectivity index (χ2n) is 6.82. The zero-order valence-corrected chi connectivity index (χ0v) is 14.2. The lowest BCUT2D eigenvalue weighted by molar-refractivity contribution is 0.235. The van der Waals surface area contributed by atoms with Gasteiger partial charge in [0.25, 0.3) is 0 Å². The molecule has 0 radical (unpaired) electrons. The van der Waals surface area contributed by atoms with E-state index in [4.69, 9.17) is 0 Å². The maximum absolute atomic E-state index is 13.4. The summed E-state index contributed by atoms with van der Waals surface area (Å²) in [6.45, 7) is 0.958. The van der Waals surface area contributed by atoms with Gasteiger partial charge in [0.15, 0.2) is 0 Å². The van der Waals surface area contributed by atoms with E-state index in [-0.39, 0.29) is 22.0 Å². The van der Waals surface area contributed by atoms with Crippen LogP contribution in [0.4, 0.5) is 9.18 Å². The summed E-state index contributed by atoms with van der Waals surface area (Å²) in [5, 5.41) is 5.74. The van der Waals surface area contributed by atoms with E-state index in [1.165, 1.54) is 6.07 Å². The van der Waals surface area contributed by atoms with E-state index in [9.17, 15) is 13.4 Å². The van der Waals surface area contributed by atoms with Crippen molar-refractivity contribution in [2.24, 2.45) is 0 Å². The van der Waals surface area contributed by atoms with Gasteiger partial charge >= 0.3 is 6.03 Å². The van der Waals surface area contributed by atoms with Crippen molar-refractivity contribution in [2.45, 2.75) is 42.3 Å². The molecule has 2 fully saturated rings. The zero-order chi connectivity index (χ0) is 16.5. The van der Waals surface area contributed by atoms with Crippen molar-refractivity contribution in [3.63, 3.8) is 0 Å². The Bertz CT molecular complexity index is 627. The standard InChI is InChI=1S/C17H23FN2O2S/c1-23(22)17(6-3-7-17)12-20-15(21)19-11-16(8-9-16)13-4-2-5-14(18)10-13/h2,4-5,10H,3,6-9,11-12H2,1H3,(H2,19,20,21)/t23-/m1/s1. The summed E-state index contributed by atoms with van der Waals surface area (Å²) >= 11 is 0. The highest BCUT2D eigenvalue weighted by Gasteiger charge is 2.45. The van der Waals surface area contributed by atoms with Gasteiger partial charge in [-0.05, 0) is 43.4 Å². The van der Waals surface area contributed by atoms with E-state index in [2.05, 4.69) is 10.6 Å². The van der Waals surface area contributed by atoms with Crippen LogP contribution in [0.1, 0.15) is 37.7 Å². The van der Waals surface area contributed by atoms with Gasteiger partial charge in [-0.25, -0.2) is 9.18 Å². The molecule has 0 bridgehead atoms. The second kappa shape index (κ2) is 6.23. The number of hydrogen-bond donors (Lipinski definition) is 2. The van der Waals surface area contributed by atoms with Crippen LogP contribution in [0.3, 0.4) is 0 Å². The SMILES string of the molecule is C[S@@](=O)C1(CNC(=O)NCC2(c3cccc(F)c3)CC2)CCC1. The maximum Gasteiger partial charge on any atom is 0.314 e. The number of carbonyl (C=O) groups is 1. The number of nitrogens with one attached hydrogen (secondary N) is 2. The molecule has 23 heavy (non-hydrogen) atoms. The quantitative estimate of drug-likeness (QED) is 0.837. The van der Waals surface area contributed by atoms with Crippen LogP contribution >= 0.6 is 0 Å². The van der Waals surface area contributed by atoms with Crippen LogP contribution in [0.15, 0.2) is 24.3 Å². The highest BCUT2D eigenvalue weighted by molar-refractivity contribution is 7.85. The van der Waals surface area contributed by atoms with E-state index < -0.39 is 10.8 Å². The lowest BCUT2D eigenvalue weighted by Crippen LogP contribution is -2.53. The molecule has 2 saturated carbocycles. The molecule has 1 atom stereocenters. The molecule has 0 saturated heterocycles. The van der Waals surface area contributed by atoms with E-state index in [1.807, 2.05) is 6.07 Å². The van der Waals surface area contributed by atoms with Crippen molar-refractivity contribution in [1.82, 2.24) is 10.6 Å². The summed E-state index contributed by atoms with van der Waals surface area (Å²) in [6, 6.07) is 6.38. The van der Waals surface area contributed by atoms with Gasteiger partial charge in [0, 0.05) is 35.6 Å². The Balaban J connectivity index is 1.50. The van der Waals surface area contributed by atoms with Crippen LogP contribution in [0.5, 0.6) is 0 Å². The molecule has 0 aliphatic heterocycles. The fourth-order valence-corrected chi connectivity index (χ4v) is 4.37. The molecule has 4 nitrogen and oxygen atoms in total. The first-order valence-electron chi connectivity index (χ1n) is 8.07. The minimum absolute atomic E-state index is 0.124. The smallest absolute Gasteiger partial charge is 0.314 e. The number of benzene rings is 1. The molecule has 0 spiro atoms. The third kappa shape index (κ3) is 3.42. The predicted molar refractivity (Wildman–Crippen MR) is 89.4 cm³/mol. The van der Waals surface area contributed by atoms with Gasteiger partial charge < -0.3 is 10.6 Å². The van der Waals surface area contributed by atoms with Gasteiger partial charge in [-0.1, -0.05) is 18.6 Å². The Morgan fingerprint density at radius 3 is 2.43 bits per heavy atom. The summed E-state index contributed by atoms with van der Waals surface area (Å²) in [6.07, 6.45) is 6.51. The van der Waals surface area contributed by atoms with Gasteiger partial charge in [-0.15, -0.1) is 0 Å². The fourth-order valence-electron chi connectivity index (χ4n) is 3.23. The molecular weight excluding hydrogens is 315 g/mol. The largest absolute Gasteiger partial charge is 0.337 e. The Hall–Kier alpha value is -1.43. The summed E-state index contributed by atoms with van der Waals surface area (Å²) in [7, 11) is -0.924. The van der Waals surface area contributed by atoms with Crippen molar-refractivity contribution >= 4 is 16.8 Å². The van der Waals surface area contributed by atoms with Gasteiger partial charge in [0.05, 0.1) is 4.75 Å².